The molecule has 0 aromatic carbocycles. The van der Waals surface area contributed by atoms with Crippen LogP contribution in [0.3, 0.4) is 0 Å². The SMILES string of the molecule is C/C=N\C(=C/COCCC)OCCCN(CC)C(=O)O. The summed E-state index contributed by atoms with van der Waals surface area (Å²) in [5.41, 5.74) is 0. The van der Waals surface area contributed by atoms with E-state index in [-0.39, 0.29) is 0 Å². The number of ether oxygens (including phenoxy) is 2. The molecule has 1 amide bonds. The van der Waals surface area contributed by atoms with Gasteiger partial charge in [0.15, 0.2) is 0 Å². The third-order valence-electron chi connectivity index (χ3n) is 2.46. The molecular weight excluding hydrogens is 260 g/mol. The maximum absolute atomic E-state index is 10.8. The first kappa shape index (κ1) is 18.4. The summed E-state index contributed by atoms with van der Waals surface area (Å²) < 4.78 is 10.8. The lowest BCUT2D eigenvalue weighted by molar-refractivity contribution is 0.136. The van der Waals surface area contributed by atoms with Crippen molar-refractivity contribution in [1.82, 2.24) is 4.90 Å². The summed E-state index contributed by atoms with van der Waals surface area (Å²) in [6.45, 7) is 8.23. The first-order valence-corrected chi connectivity index (χ1v) is 7.02. The summed E-state index contributed by atoms with van der Waals surface area (Å²) in [5, 5.41) is 8.87. The van der Waals surface area contributed by atoms with Crippen LogP contribution in [0.5, 0.6) is 0 Å². The highest BCUT2D eigenvalue weighted by atomic mass is 16.5. The molecule has 0 saturated heterocycles. The van der Waals surface area contributed by atoms with Crippen molar-refractivity contribution in [3.05, 3.63) is 12.0 Å². The summed E-state index contributed by atoms with van der Waals surface area (Å²) in [4.78, 5) is 16.2. The lowest BCUT2D eigenvalue weighted by Gasteiger charge is -2.16. The van der Waals surface area contributed by atoms with Crippen LogP contribution in [0.1, 0.15) is 33.6 Å². The normalized spacial score (nSPS) is 11.8. The molecule has 0 unspecified atom stereocenters. The molecule has 0 heterocycles. The van der Waals surface area contributed by atoms with Crippen molar-refractivity contribution in [2.45, 2.75) is 33.6 Å². The van der Waals surface area contributed by atoms with E-state index in [0.717, 1.165) is 6.42 Å². The zero-order valence-corrected chi connectivity index (χ0v) is 12.7. The Balaban J connectivity index is 3.99. The number of rotatable bonds is 11. The highest BCUT2D eigenvalue weighted by Gasteiger charge is 2.07. The number of hydrogen-bond acceptors (Lipinski definition) is 4. The second-order valence-electron chi connectivity index (χ2n) is 4.07. The van der Waals surface area contributed by atoms with Gasteiger partial charge in [0.2, 0.25) is 5.88 Å². The molecule has 6 heteroatoms. The highest BCUT2D eigenvalue weighted by molar-refractivity contribution is 5.64. The lowest BCUT2D eigenvalue weighted by Crippen LogP contribution is -2.30. The standard InChI is InChI=1S/C14H26N2O4/c1-4-10-19-12-8-13(15-5-2)20-11-7-9-16(6-3)14(17)18/h5,8H,4,6-7,9-12H2,1-3H3,(H,17,18)/b13-8+,15-5-. The Morgan fingerprint density at radius 1 is 1.35 bits per heavy atom. The van der Waals surface area contributed by atoms with Gasteiger partial charge >= 0.3 is 6.09 Å². The molecule has 6 nitrogen and oxygen atoms in total. The Labute approximate surface area is 121 Å². The number of carbonyl (C=O) groups is 1. The van der Waals surface area contributed by atoms with Crippen LogP contribution in [-0.2, 0) is 9.47 Å². The van der Waals surface area contributed by atoms with Crippen LogP contribution in [0.4, 0.5) is 4.79 Å². The molecule has 0 rings (SSSR count). The lowest BCUT2D eigenvalue weighted by atomic mass is 10.4. The predicted molar refractivity (Wildman–Crippen MR) is 79.2 cm³/mol. The Morgan fingerprint density at radius 2 is 2.10 bits per heavy atom. The quantitative estimate of drug-likeness (QED) is 0.360. The van der Waals surface area contributed by atoms with Crippen LogP contribution < -0.4 is 0 Å². The van der Waals surface area contributed by atoms with Crippen LogP contribution in [0.2, 0.25) is 0 Å². The number of amides is 1. The van der Waals surface area contributed by atoms with E-state index in [1.165, 1.54) is 4.90 Å². The minimum Gasteiger partial charge on any atom is -0.478 e. The average Bonchev–Trinajstić information content (AvgIpc) is 2.43. The van der Waals surface area contributed by atoms with E-state index < -0.39 is 6.09 Å². The molecule has 0 spiro atoms. The molecule has 0 fully saturated rings. The smallest absolute Gasteiger partial charge is 0.407 e. The zero-order valence-electron chi connectivity index (χ0n) is 12.7. The average molecular weight is 286 g/mol. The zero-order chi connectivity index (χ0) is 15.2. The monoisotopic (exact) mass is 286 g/mol. The molecule has 0 aliphatic heterocycles. The van der Waals surface area contributed by atoms with E-state index in [9.17, 15) is 4.79 Å². The van der Waals surface area contributed by atoms with Gasteiger partial charge in [0.1, 0.15) is 0 Å². The van der Waals surface area contributed by atoms with Crippen LogP contribution in [0.25, 0.3) is 0 Å². The van der Waals surface area contributed by atoms with Gasteiger partial charge in [0.25, 0.3) is 0 Å². The van der Waals surface area contributed by atoms with Gasteiger partial charge < -0.3 is 19.5 Å². The molecule has 116 valence electrons. The molecule has 1 N–H and O–H groups in total. The molecule has 0 atom stereocenters. The van der Waals surface area contributed by atoms with Gasteiger partial charge in [-0.05, 0) is 26.7 Å². The van der Waals surface area contributed by atoms with Crippen molar-refractivity contribution < 1.29 is 19.4 Å². The van der Waals surface area contributed by atoms with E-state index >= 15 is 0 Å². The number of carboxylic acid groups (broad SMARTS) is 1. The molecule has 0 bridgehead atoms. The van der Waals surface area contributed by atoms with Gasteiger partial charge in [-0.1, -0.05) is 6.92 Å². The Kier molecular flexibility index (Phi) is 11.5. The largest absolute Gasteiger partial charge is 0.478 e. The van der Waals surface area contributed by atoms with Gasteiger partial charge in [-0.2, -0.15) is 0 Å². The first-order chi connectivity index (χ1) is 9.65. The van der Waals surface area contributed by atoms with Crippen molar-refractivity contribution in [2.75, 3.05) is 32.9 Å². The van der Waals surface area contributed by atoms with Crippen LogP contribution in [-0.4, -0.2) is 55.2 Å². The third kappa shape index (κ3) is 9.38. The predicted octanol–water partition coefficient (Wildman–Crippen LogP) is 2.75. The van der Waals surface area contributed by atoms with E-state index in [0.29, 0.717) is 45.2 Å². The summed E-state index contributed by atoms with van der Waals surface area (Å²) in [6.07, 6.45) is 4.14. The Bertz CT molecular complexity index is 316. The van der Waals surface area contributed by atoms with Crippen molar-refractivity contribution in [3.63, 3.8) is 0 Å². The number of aliphatic imine (C=N–C) groups is 1. The van der Waals surface area contributed by atoms with Crippen molar-refractivity contribution in [2.24, 2.45) is 4.99 Å². The summed E-state index contributed by atoms with van der Waals surface area (Å²) >= 11 is 0. The van der Waals surface area contributed by atoms with E-state index in [1.54, 1.807) is 12.3 Å². The second kappa shape index (κ2) is 12.5. The van der Waals surface area contributed by atoms with Gasteiger partial charge in [0, 0.05) is 32.0 Å². The van der Waals surface area contributed by atoms with Gasteiger partial charge in [-0.25, -0.2) is 9.79 Å². The number of nitrogens with zero attached hydrogens (tertiary/aromatic N) is 2. The molecule has 0 aromatic rings. The van der Waals surface area contributed by atoms with E-state index in [1.807, 2.05) is 20.8 Å². The topological polar surface area (TPSA) is 71.4 Å². The van der Waals surface area contributed by atoms with E-state index in [4.69, 9.17) is 14.6 Å². The molecule has 0 aliphatic rings. The summed E-state index contributed by atoms with van der Waals surface area (Å²) in [6, 6.07) is 0. The Hall–Kier alpha value is -1.56. The van der Waals surface area contributed by atoms with Gasteiger partial charge in [0.05, 0.1) is 13.2 Å². The highest BCUT2D eigenvalue weighted by Crippen LogP contribution is 2.02. The van der Waals surface area contributed by atoms with Crippen molar-refractivity contribution in [1.29, 1.82) is 0 Å². The summed E-state index contributed by atoms with van der Waals surface area (Å²) in [7, 11) is 0. The maximum atomic E-state index is 10.8. The fourth-order valence-corrected chi connectivity index (χ4v) is 1.46. The fraction of sp³-hybridized carbons (Fsp3) is 0.714. The summed E-state index contributed by atoms with van der Waals surface area (Å²) in [5.74, 6) is 0.516. The molecular formula is C14H26N2O4. The Morgan fingerprint density at radius 3 is 2.65 bits per heavy atom. The first-order valence-electron chi connectivity index (χ1n) is 7.02. The van der Waals surface area contributed by atoms with Gasteiger partial charge in [-0.15, -0.1) is 0 Å². The molecule has 0 radical (unpaired) electrons. The minimum atomic E-state index is -0.900. The molecule has 0 aromatic heterocycles. The number of hydrogen-bond donors (Lipinski definition) is 1. The van der Waals surface area contributed by atoms with Crippen molar-refractivity contribution >= 4 is 12.3 Å². The molecule has 0 saturated carbocycles. The van der Waals surface area contributed by atoms with Crippen LogP contribution >= 0.6 is 0 Å². The third-order valence-corrected chi connectivity index (χ3v) is 2.46. The van der Waals surface area contributed by atoms with E-state index in [2.05, 4.69) is 4.99 Å². The van der Waals surface area contributed by atoms with Gasteiger partial charge in [-0.3, -0.25) is 0 Å². The van der Waals surface area contributed by atoms with Crippen molar-refractivity contribution in [3.8, 4) is 0 Å². The maximum Gasteiger partial charge on any atom is 0.407 e. The minimum absolute atomic E-state index is 0.431. The van der Waals surface area contributed by atoms with Crippen LogP contribution in [0.15, 0.2) is 17.0 Å². The molecule has 20 heavy (non-hydrogen) atoms. The van der Waals surface area contributed by atoms with Crippen LogP contribution in [0, 0.1) is 0 Å². The second-order valence-corrected chi connectivity index (χ2v) is 4.07. The fourth-order valence-electron chi connectivity index (χ4n) is 1.46. The molecule has 0 aliphatic carbocycles.